The summed E-state index contributed by atoms with van der Waals surface area (Å²) in [5, 5.41) is 20.6. The molecule has 38 heavy (non-hydrogen) atoms. The van der Waals surface area contributed by atoms with Crippen molar-refractivity contribution >= 4 is 22.1 Å². The Morgan fingerprint density at radius 1 is 0.658 bits per heavy atom. The predicted octanol–water partition coefficient (Wildman–Crippen LogP) is 6.18. The van der Waals surface area contributed by atoms with Crippen LogP contribution in [0.5, 0.6) is 11.5 Å². The molecule has 0 aliphatic carbocycles. The number of aromatic nitrogens is 6. The molecule has 5 rings (SSSR count). The molecule has 2 aromatic heterocycles. The van der Waals surface area contributed by atoms with Gasteiger partial charge in [-0.2, -0.15) is 15.4 Å². The fraction of sp³-hybridized carbons (Fsp3) is 0.400. The highest BCUT2D eigenvalue weighted by atomic mass is 16.5. The fourth-order valence-electron chi connectivity index (χ4n) is 4.49. The number of nitrogens with zero attached hydrogens (tertiary/aromatic N) is 4. The predicted molar refractivity (Wildman–Crippen MR) is 150 cm³/mol. The van der Waals surface area contributed by atoms with Gasteiger partial charge in [-0.3, -0.25) is 0 Å². The Morgan fingerprint density at radius 2 is 1.16 bits per heavy atom. The van der Waals surface area contributed by atoms with E-state index in [9.17, 15) is 0 Å². The van der Waals surface area contributed by atoms with Crippen LogP contribution in [0.1, 0.15) is 41.5 Å². The molecule has 0 saturated heterocycles. The van der Waals surface area contributed by atoms with Gasteiger partial charge < -0.3 is 9.47 Å². The van der Waals surface area contributed by atoms with Crippen molar-refractivity contribution in [2.24, 2.45) is 17.8 Å². The second-order valence-corrected chi connectivity index (χ2v) is 11.1. The molecule has 0 radical (unpaired) electrons. The van der Waals surface area contributed by atoms with Crippen LogP contribution in [0.4, 0.5) is 0 Å². The molecule has 2 heterocycles. The quantitative estimate of drug-likeness (QED) is 0.218. The summed E-state index contributed by atoms with van der Waals surface area (Å²) < 4.78 is 11.8. The second kappa shape index (κ2) is 10.8. The van der Waals surface area contributed by atoms with Crippen LogP contribution in [-0.2, 0) is 6.54 Å². The summed E-state index contributed by atoms with van der Waals surface area (Å²) in [5.41, 5.74) is 7.31. The third-order valence-corrected chi connectivity index (χ3v) is 6.20. The minimum atomic E-state index is 0.435. The van der Waals surface area contributed by atoms with Crippen LogP contribution in [0.15, 0.2) is 48.5 Å². The first-order valence-electron chi connectivity index (χ1n) is 13.4. The molecule has 8 heteroatoms. The molecule has 0 aliphatic heterocycles. The topological polar surface area (TPSA) is 92.6 Å². The molecule has 0 aliphatic rings. The van der Waals surface area contributed by atoms with Gasteiger partial charge in [-0.05, 0) is 52.0 Å². The van der Waals surface area contributed by atoms with E-state index in [1.165, 1.54) is 0 Å². The first-order chi connectivity index (χ1) is 18.3. The van der Waals surface area contributed by atoms with Crippen LogP contribution in [0, 0.1) is 17.8 Å². The second-order valence-electron chi connectivity index (χ2n) is 11.1. The van der Waals surface area contributed by atoms with Crippen LogP contribution < -0.4 is 14.3 Å². The molecule has 0 atom stereocenters. The van der Waals surface area contributed by atoms with E-state index in [2.05, 4.69) is 86.3 Å². The first-order valence-corrected chi connectivity index (χ1v) is 13.4. The van der Waals surface area contributed by atoms with Crippen LogP contribution in [-0.4, -0.2) is 38.8 Å². The SMILES string of the molecule is CC(C)COc1ccc(-c2c3n[nH]nc3c(-c3ccc(OCC(C)C)cc3)c3[nH][n+](CC(C)C)nc23)cc1. The van der Waals surface area contributed by atoms with Crippen molar-refractivity contribution in [1.29, 1.82) is 0 Å². The van der Waals surface area contributed by atoms with E-state index >= 15 is 0 Å². The van der Waals surface area contributed by atoms with Gasteiger partial charge in [0.15, 0.2) is 5.52 Å². The molecule has 5 aromatic rings. The molecular formula is C30H37N6O2+. The maximum Gasteiger partial charge on any atom is 0.203 e. The Balaban J connectivity index is 1.65. The number of H-pyrrole nitrogens is 2. The summed E-state index contributed by atoms with van der Waals surface area (Å²) in [5.74, 6) is 3.07. The minimum absolute atomic E-state index is 0.435. The maximum atomic E-state index is 5.91. The molecule has 0 saturated carbocycles. The number of nitrogens with one attached hydrogen (secondary N) is 2. The van der Waals surface area contributed by atoms with Crippen molar-refractivity contribution in [3.63, 3.8) is 0 Å². The smallest absolute Gasteiger partial charge is 0.203 e. The van der Waals surface area contributed by atoms with E-state index in [0.717, 1.165) is 62.4 Å². The summed E-state index contributed by atoms with van der Waals surface area (Å²) in [4.78, 5) is 1.92. The summed E-state index contributed by atoms with van der Waals surface area (Å²) in [7, 11) is 0. The van der Waals surface area contributed by atoms with Gasteiger partial charge in [0.2, 0.25) is 6.54 Å². The number of fused-ring (bicyclic) bond motifs is 2. The lowest BCUT2D eigenvalue weighted by molar-refractivity contribution is -0.804. The lowest BCUT2D eigenvalue weighted by Gasteiger charge is -2.11. The zero-order chi connectivity index (χ0) is 26.8. The number of ether oxygens (including phenoxy) is 2. The molecule has 0 amide bonds. The van der Waals surface area contributed by atoms with Gasteiger partial charge in [0, 0.05) is 22.1 Å². The Morgan fingerprint density at radius 3 is 1.66 bits per heavy atom. The van der Waals surface area contributed by atoms with Crippen LogP contribution in [0.3, 0.4) is 0 Å². The number of hydrogen-bond donors (Lipinski definition) is 2. The molecular weight excluding hydrogens is 476 g/mol. The number of hydrogen-bond acceptors (Lipinski definition) is 5. The lowest BCUT2D eigenvalue weighted by atomic mass is 9.95. The van der Waals surface area contributed by atoms with E-state index in [0.29, 0.717) is 31.0 Å². The number of aromatic amines is 2. The monoisotopic (exact) mass is 513 g/mol. The summed E-state index contributed by atoms with van der Waals surface area (Å²) >= 11 is 0. The summed E-state index contributed by atoms with van der Waals surface area (Å²) in [6.07, 6.45) is 0. The van der Waals surface area contributed by atoms with Gasteiger partial charge in [0.25, 0.3) is 0 Å². The molecule has 8 nitrogen and oxygen atoms in total. The zero-order valence-corrected chi connectivity index (χ0v) is 23.1. The van der Waals surface area contributed by atoms with Crippen molar-refractivity contribution in [2.45, 2.75) is 48.1 Å². The minimum Gasteiger partial charge on any atom is -0.493 e. The van der Waals surface area contributed by atoms with Crippen molar-refractivity contribution in [3.05, 3.63) is 48.5 Å². The molecule has 0 bridgehead atoms. The molecule has 0 fully saturated rings. The van der Waals surface area contributed by atoms with Crippen molar-refractivity contribution in [3.8, 4) is 33.8 Å². The number of benzene rings is 3. The van der Waals surface area contributed by atoms with Gasteiger partial charge in [0.05, 0.1) is 13.2 Å². The van der Waals surface area contributed by atoms with E-state index in [1.54, 1.807) is 0 Å². The third kappa shape index (κ3) is 5.35. The fourth-order valence-corrected chi connectivity index (χ4v) is 4.49. The number of rotatable bonds is 10. The van der Waals surface area contributed by atoms with E-state index in [1.807, 2.05) is 29.1 Å². The van der Waals surface area contributed by atoms with Gasteiger partial charge in [-0.1, -0.05) is 65.8 Å². The van der Waals surface area contributed by atoms with Gasteiger partial charge in [0.1, 0.15) is 28.0 Å². The molecule has 0 unspecified atom stereocenters. The highest BCUT2D eigenvalue weighted by Crippen LogP contribution is 2.40. The Hall–Kier alpha value is -3.94. The van der Waals surface area contributed by atoms with Gasteiger partial charge >= 0.3 is 0 Å². The molecule has 198 valence electrons. The largest absolute Gasteiger partial charge is 0.493 e. The first kappa shape index (κ1) is 25.7. The van der Waals surface area contributed by atoms with Crippen LogP contribution >= 0.6 is 0 Å². The van der Waals surface area contributed by atoms with Crippen LogP contribution in [0.25, 0.3) is 44.3 Å². The van der Waals surface area contributed by atoms with E-state index in [-0.39, 0.29) is 0 Å². The summed E-state index contributed by atoms with van der Waals surface area (Å²) in [6.45, 7) is 15.1. The highest BCUT2D eigenvalue weighted by Gasteiger charge is 2.26. The van der Waals surface area contributed by atoms with E-state index < -0.39 is 0 Å². The third-order valence-electron chi connectivity index (χ3n) is 6.20. The highest BCUT2D eigenvalue weighted by molar-refractivity contribution is 6.16. The normalized spacial score (nSPS) is 11.9. The van der Waals surface area contributed by atoms with Gasteiger partial charge in [-0.15, -0.1) is 5.10 Å². The van der Waals surface area contributed by atoms with Crippen molar-refractivity contribution in [1.82, 2.24) is 25.6 Å². The average Bonchev–Trinajstić information content (AvgIpc) is 3.52. The average molecular weight is 514 g/mol. The van der Waals surface area contributed by atoms with E-state index in [4.69, 9.17) is 14.6 Å². The Labute approximate surface area is 223 Å². The maximum absolute atomic E-state index is 5.91. The molecule has 2 N–H and O–H groups in total. The Bertz CT molecular complexity index is 1410. The standard InChI is InChI=1S/C30H36N6O2/c1-18(2)15-36-33-29-25(21-7-11-23(12-8-21)37-16-19(3)4)27-28(32-35-31-27)26(30(29)34-36)22-9-13-24(14-10-22)38-17-20(5)6/h7-14,18-20H,15-17H2,1-6H3,(H,31,32,33,34)/p+1. The van der Waals surface area contributed by atoms with Crippen molar-refractivity contribution in [2.75, 3.05) is 13.2 Å². The molecule has 3 aromatic carbocycles. The summed E-state index contributed by atoms with van der Waals surface area (Å²) in [6, 6.07) is 16.3. The Kier molecular flexibility index (Phi) is 7.31. The zero-order valence-electron chi connectivity index (χ0n) is 23.1. The van der Waals surface area contributed by atoms with Gasteiger partial charge in [-0.25, -0.2) is 0 Å². The van der Waals surface area contributed by atoms with Crippen molar-refractivity contribution < 1.29 is 14.3 Å². The van der Waals surface area contributed by atoms with Crippen LogP contribution in [0.2, 0.25) is 0 Å². The lowest BCUT2D eigenvalue weighted by Crippen LogP contribution is -2.41. The molecule has 0 spiro atoms.